The fourth-order valence-electron chi connectivity index (χ4n) is 3.79. The molecule has 0 spiro atoms. The van der Waals surface area contributed by atoms with E-state index in [0.717, 1.165) is 13.1 Å². The number of rotatable bonds is 5. The Morgan fingerprint density at radius 1 is 0.929 bits per heavy atom. The molecule has 6 heteroatoms. The van der Waals surface area contributed by atoms with Gasteiger partial charge >= 0.3 is 0 Å². The van der Waals surface area contributed by atoms with Crippen LogP contribution in [0.25, 0.3) is 0 Å². The Kier molecular flexibility index (Phi) is 5.74. The highest BCUT2D eigenvalue weighted by molar-refractivity contribution is 6.28. The lowest BCUT2D eigenvalue weighted by atomic mass is 9.96. The summed E-state index contributed by atoms with van der Waals surface area (Å²) in [4.78, 5) is 21.0. The lowest BCUT2D eigenvalue weighted by Gasteiger charge is -2.39. The van der Waals surface area contributed by atoms with Gasteiger partial charge in [-0.15, -0.1) is 0 Å². The first-order valence-electron chi connectivity index (χ1n) is 9.51. The van der Waals surface area contributed by atoms with E-state index in [1.165, 1.54) is 11.1 Å². The fourth-order valence-corrected chi connectivity index (χ4v) is 3.96. The van der Waals surface area contributed by atoms with Crippen LogP contribution in [0.5, 0.6) is 0 Å². The van der Waals surface area contributed by atoms with Crippen molar-refractivity contribution in [2.75, 3.05) is 26.2 Å². The second-order valence-electron chi connectivity index (χ2n) is 6.96. The number of nitrogens with zero attached hydrogens (tertiary/aromatic N) is 4. The van der Waals surface area contributed by atoms with Gasteiger partial charge in [-0.05, 0) is 22.7 Å². The predicted molar refractivity (Wildman–Crippen MR) is 110 cm³/mol. The quantitative estimate of drug-likeness (QED) is 0.665. The van der Waals surface area contributed by atoms with Gasteiger partial charge in [-0.25, -0.2) is 4.98 Å². The van der Waals surface area contributed by atoms with Gasteiger partial charge in [-0.1, -0.05) is 60.7 Å². The molecule has 3 aromatic rings. The van der Waals surface area contributed by atoms with Gasteiger partial charge in [0.25, 0.3) is 0 Å². The minimum atomic E-state index is 0.0792. The van der Waals surface area contributed by atoms with Crippen molar-refractivity contribution in [3.8, 4) is 0 Å². The minimum Gasteiger partial charge on any atom is -0.339 e. The third kappa shape index (κ3) is 4.11. The number of aromatic nitrogens is 2. The monoisotopic (exact) mass is 394 g/mol. The summed E-state index contributed by atoms with van der Waals surface area (Å²) < 4.78 is 1.67. The first-order chi connectivity index (χ1) is 13.7. The number of halogens is 1. The molecule has 144 valence electrons. The lowest BCUT2D eigenvalue weighted by Crippen LogP contribution is -2.50. The number of amides is 1. The average Bonchev–Trinajstić information content (AvgIpc) is 3.15. The van der Waals surface area contributed by atoms with Crippen LogP contribution >= 0.6 is 11.6 Å². The predicted octanol–water partition coefficient (Wildman–Crippen LogP) is 3.47. The van der Waals surface area contributed by atoms with E-state index in [9.17, 15) is 4.79 Å². The molecule has 28 heavy (non-hydrogen) atoms. The van der Waals surface area contributed by atoms with Gasteiger partial charge in [-0.2, -0.15) is 0 Å². The van der Waals surface area contributed by atoms with Crippen LogP contribution in [0.4, 0.5) is 0 Å². The second kappa shape index (κ2) is 8.59. The maximum absolute atomic E-state index is 12.6. The summed E-state index contributed by atoms with van der Waals surface area (Å²) in [6.45, 7) is 3.32. The van der Waals surface area contributed by atoms with Crippen LogP contribution in [0.2, 0.25) is 5.28 Å². The number of carbonyl (C=O) groups excluding carboxylic acids is 1. The first-order valence-corrected chi connectivity index (χ1v) is 9.88. The van der Waals surface area contributed by atoms with E-state index in [-0.39, 0.29) is 18.5 Å². The third-order valence-electron chi connectivity index (χ3n) is 5.23. The number of hydrogen-bond donors (Lipinski definition) is 0. The van der Waals surface area contributed by atoms with Crippen LogP contribution in [0.3, 0.4) is 0 Å². The smallest absolute Gasteiger partial charge is 0.242 e. The number of benzene rings is 2. The maximum atomic E-state index is 12.6. The van der Waals surface area contributed by atoms with E-state index < -0.39 is 0 Å². The van der Waals surface area contributed by atoms with Crippen molar-refractivity contribution in [3.05, 3.63) is 89.5 Å². The molecule has 0 saturated carbocycles. The molecule has 1 saturated heterocycles. The van der Waals surface area contributed by atoms with E-state index in [1.807, 2.05) is 17.0 Å². The Hall–Kier alpha value is -2.63. The van der Waals surface area contributed by atoms with Gasteiger partial charge in [0.2, 0.25) is 11.2 Å². The fraction of sp³-hybridized carbons (Fsp3) is 0.273. The molecular weight excluding hydrogens is 372 g/mol. The summed E-state index contributed by atoms with van der Waals surface area (Å²) in [5.41, 5.74) is 2.55. The lowest BCUT2D eigenvalue weighted by molar-refractivity contribution is -0.133. The van der Waals surface area contributed by atoms with Gasteiger partial charge in [0, 0.05) is 38.6 Å². The molecule has 1 fully saturated rings. The van der Waals surface area contributed by atoms with E-state index in [2.05, 4.69) is 58.4 Å². The van der Waals surface area contributed by atoms with Crippen molar-refractivity contribution in [2.45, 2.75) is 12.6 Å². The molecule has 0 bridgehead atoms. The highest BCUT2D eigenvalue weighted by atomic mass is 35.5. The number of carbonyl (C=O) groups is 1. The summed E-state index contributed by atoms with van der Waals surface area (Å²) in [5, 5.41) is 0.347. The molecular formula is C22H23ClN4O. The van der Waals surface area contributed by atoms with Crippen molar-refractivity contribution >= 4 is 17.5 Å². The summed E-state index contributed by atoms with van der Waals surface area (Å²) in [6.07, 6.45) is 3.34. The van der Waals surface area contributed by atoms with Crippen molar-refractivity contribution in [1.82, 2.24) is 19.4 Å². The van der Waals surface area contributed by atoms with Crippen LogP contribution in [-0.4, -0.2) is 51.4 Å². The average molecular weight is 395 g/mol. The van der Waals surface area contributed by atoms with E-state index in [1.54, 1.807) is 17.0 Å². The molecule has 1 aliphatic rings. The number of hydrogen-bond acceptors (Lipinski definition) is 3. The molecule has 4 rings (SSSR count). The Morgan fingerprint density at radius 2 is 1.50 bits per heavy atom. The molecule has 5 nitrogen and oxygen atoms in total. The van der Waals surface area contributed by atoms with Crippen molar-refractivity contribution in [1.29, 1.82) is 0 Å². The normalized spacial score (nSPS) is 15.1. The second-order valence-corrected chi connectivity index (χ2v) is 7.30. The van der Waals surface area contributed by atoms with Gasteiger partial charge in [-0.3, -0.25) is 9.69 Å². The topological polar surface area (TPSA) is 41.4 Å². The van der Waals surface area contributed by atoms with Gasteiger partial charge in [0.05, 0.1) is 6.04 Å². The van der Waals surface area contributed by atoms with Crippen molar-refractivity contribution < 1.29 is 4.79 Å². The highest BCUT2D eigenvalue weighted by Gasteiger charge is 2.28. The zero-order valence-corrected chi connectivity index (χ0v) is 16.4. The Balaban J connectivity index is 1.46. The first kappa shape index (κ1) is 18.7. The Bertz CT molecular complexity index is 865. The molecule has 1 aromatic heterocycles. The molecule has 2 aromatic carbocycles. The molecule has 0 radical (unpaired) electrons. The van der Waals surface area contributed by atoms with Crippen LogP contribution in [0, 0.1) is 0 Å². The van der Waals surface area contributed by atoms with Crippen molar-refractivity contribution in [3.63, 3.8) is 0 Å². The SMILES string of the molecule is O=C(Cn1ccnc1Cl)N1CCN(C(c2ccccc2)c2ccccc2)CC1. The zero-order chi connectivity index (χ0) is 19.3. The summed E-state index contributed by atoms with van der Waals surface area (Å²) in [7, 11) is 0. The Labute approximate surface area is 170 Å². The molecule has 0 atom stereocenters. The third-order valence-corrected chi connectivity index (χ3v) is 5.55. The number of imidazole rings is 1. The van der Waals surface area contributed by atoms with Crippen LogP contribution < -0.4 is 0 Å². The van der Waals surface area contributed by atoms with Crippen LogP contribution in [-0.2, 0) is 11.3 Å². The van der Waals surface area contributed by atoms with E-state index >= 15 is 0 Å². The largest absolute Gasteiger partial charge is 0.339 e. The van der Waals surface area contributed by atoms with Crippen LogP contribution in [0.1, 0.15) is 17.2 Å². The maximum Gasteiger partial charge on any atom is 0.242 e. The molecule has 2 heterocycles. The summed E-state index contributed by atoms with van der Waals surface area (Å²) in [6, 6.07) is 21.3. The summed E-state index contributed by atoms with van der Waals surface area (Å²) in [5.74, 6) is 0.0792. The highest BCUT2D eigenvalue weighted by Crippen LogP contribution is 2.29. The molecule has 0 aliphatic carbocycles. The molecule has 0 unspecified atom stereocenters. The number of piperazine rings is 1. The van der Waals surface area contributed by atoms with E-state index in [4.69, 9.17) is 11.6 Å². The van der Waals surface area contributed by atoms with Gasteiger partial charge in [0.15, 0.2) is 0 Å². The standard InChI is InChI=1S/C22H23ClN4O/c23-22-24-11-12-27(22)17-20(28)25-13-15-26(16-14-25)21(18-7-3-1-4-8-18)19-9-5-2-6-10-19/h1-12,21H,13-17H2. The van der Waals surface area contributed by atoms with E-state index in [0.29, 0.717) is 18.4 Å². The van der Waals surface area contributed by atoms with Crippen molar-refractivity contribution in [2.24, 2.45) is 0 Å². The van der Waals surface area contributed by atoms with Crippen LogP contribution in [0.15, 0.2) is 73.1 Å². The minimum absolute atomic E-state index is 0.0792. The molecule has 0 N–H and O–H groups in total. The summed E-state index contributed by atoms with van der Waals surface area (Å²) >= 11 is 6.00. The Morgan fingerprint density at radius 3 is 2.00 bits per heavy atom. The van der Waals surface area contributed by atoms with Gasteiger partial charge < -0.3 is 9.47 Å². The molecule has 1 amide bonds. The van der Waals surface area contributed by atoms with Gasteiger partial charge in [0.1, 0.15) is 6.54 Å². The molecule has 1 aliphatic heterocycles. The zero-order valence-electron chi connectivity index (χ0n) is 15.6.